The van der Waals surface area contributed by atoms with Gasteiger partial charge in [0.25, 0.3) is 5.91 Å². The molecule has 0 saturated heterocycles. The average Bonchev–Trinajstić information content (AvgIpc) is 3.13. The van der Waals surface area contributed by atoms with E-state index in [2.05, 4.69) is 15.6 Å². The third-order valence-electron chi connectivity index (χ3n) is 3.57. The molecule has 1 aromatic heterocycles. The van der Waals surface area contributed by atoms with Gasteiger partial charge < -0.3 is 10.1 Å². The van der Waals surface area contributed by atoms with Crippen LogP contribution in [-0.2, 0) is 20.9 Å². The summed E-state index contributed by atoms with van der Waals surface area (Å²) in [6.45, 7) is -0.271. The quantitative estimate of drug-likeness (QED) is 0.494. The molecule has 3 aromatic rings. The predicted octanol–water partition coefficient (Wildman–Crippen LogP) is 2.88. The Hall–Kier alpha value is -3.52. The van der Waals surface area contributed by atoms with Crippen LogP contribution in [0.4, 0.5) is 4.79 Å². The van der Waals surface area contributed by atoms with Crippen molar-refractivity contribution in [2.24, 2.45) is 0 Å². The minimum atomic E-state index is -0.715. The first-order valence-corrected chi connectivity index (χ1v) is 9.24. The third kappa shape index (κ3) is 5.75. The zero-order chi connectivity index (χ0) is 19.8. The molecule has 0 spiro atoms. The van der Waals surface area contributed by atoms with Crippen LogP contribution in [0.15, 0.2) is 60.7 Å². The van der Waals surface area contributed by atoms with Crippen molar-refractivity contribution in [2.75, 3.05) is 6.61 Å². The number of carbonyl (C=O) groups is 3. The summed E-state index contributed by atoms with van der Waals surface area (Å²) in [5.74, 6) is -1.41. The van der Waals surface area contributed by atoms with Crippen molar-refractivity contribution in [3.05, 3.63) is 71.2 Å². The van der Waals surface area contributed by atoms with Crippen molar-refractivity contribution in [1.82, 2.24) is 15.6 Å². The Bertz CT molecular complexity index is 981. The van der Waals surface area contributed by atoms with E-state index in [9.17, 15) is 14.4 Å². The van der Waals surface area contributed by atoms with Crippen LogP contribution in [0, 0.1) is 0 Å². The molecule has 0 radical (unpaired) electrons. The summed E-state index contributed by atoms with van der Waals surface area (Å²) < 4.78 is 5.83. The summed E-state index contributed by atoms with van der Waals surface area (Å²) in [6.07, 6.45) is 2.72. The Morgan fingerprint density at radius 2 is 1.79 bits per heavy atom. The lowest BCUT2D eigenvalue weighted by Gasteiger charge is -2.06. The highest BCUT2D eigenvalue weighted by molar-refractivity contribution is 7.19. The first-order chi connectivity index (χ1) is 13.6. The van der Waals surface area contributed by atoms with E-state index in [4.69, 9.17) is 4.74 Å². The molecular formula is C20H17N3O4S. The van der Waals surface area contributed by atoms with Gasteiger partial charge in [-0.25, -0.2) is 14.6 Å². The van der Waals surface area contributed by atoms with E-state index < -0.39 is 24.5 Å². The van der Waals surface area contributed by atoms with E-state index in [0.717, 1.165) is 15.8 Å². The maximum absolute atomic E-state index is 11.7. The Morgan fingerprint density at radius 1 is 1.04 bits per heavy atom. The van der Waals surface area contributed by atoms with Crippen molar-refractivity contribution in [1.29, 1.82) is 0 Å². The van der Waals surface area contributed by atoms with E-state index in [1.807, 2.05) is 54.6 Å². The van der Waals surface area contributed by atoms with Gasteiger partial charge in [-0.2, -0.15) is 0 Å². The number of aromatic nitrogens is 1. The molecule has 0 bridgehead atoms. The number of esters is 1. The van der Waals surface area contributed by atoms with Gasteiger partial charge in [0.1, 0.15) is 5.01 Å². The lowest BCUT2D eigenvalue weighted by molar-refractivity contribution is -0.143. The van der Waals surface area contributed by atoms with E-state index >= 15 is 0 Å². The number of fused-ring (bicyclic) bond motifs is 1. The molecule has 2 N–H and O–H groups in total. The second-order valence-corrected chi connectivity index (χ2v) is 6.74. The molecule has 3 rings (SSSR count). The molecule has 0 atom stereocenters. The Kier molecular flexibility index (Phi) is 6.48. The summed E-state index contributed by atoms with van der Waals surface area (Å²) in [4.78, 5) is 39.4. The van der Waals surface area contributed by atoms with E-state index in [0.29, 0.717) is 5.01 Å². The number of urea groups is 1. The van der Waals surface area contributed by atoms with Gasteiger partial charge in [-0.05, 0) is 23.8 Å². The summed E-state index contributed by atoms with van der Waals surface area (Å²) in [7, 11) is 0. The second kappa shape index (κ2) is 9.43. The lowest BCUT2D eigenvalue weighted by atomic mass is 10.2. The van der Waals surface area contributed by atoms with E-state index in [1.54, 1.807) is 0 Å². The van der Waals surface area contributed by atoms with Gasteiger partial charge in [0, 0.05) is 12.6 Å². The van der Waals surface area contributed by atoms with Gasteiger partial charge in [0.2, 0.25) is 0 Å². The van der Waals surface area contributed by atoms with Gasteiger partial charge in [0.05, 0.1) is 10.2 Å². The fraction of sp³-hybridized carbons (Fsp3) is 0.100. The highest BCUT2D eigenvalue weighted by Crippen LogP contribution is 2.22. The fourth-order valence-corrected chi connectivity index (χ4v) is 3.14. The summed E-state index contributed by atoms with van der Waals surface area (Å²) in [6, 6.07) is 16.2. The molecule has 7 nitrogen and oxygen atoms in total. The standard InChI is InChI=1S/C20H17N3O4S/c24-17(23-20(26)21-12-14-6-2-1-3-7-14)13-27-19(25)11-10-18-22-15-8-4-5-9-16(15)28-18/h1-11H,12-13H2,(H2,21,23,24,26). The predicted molar refractivity (Wildman–Crippen MR) is 106 cm³/mol. The number of nitrogens with one attached hydrogen (secondary N) is 2. The van der Waals surface area contributed by atoms with Crippen LogP contribution in [0.1, 0.15) is 10.6 Å². The van der Waals surface area contributed by atoms with Crippen LogP contribution >= 0.6 is 11.3 Å². The summed E-state index contributed by atoms with van der Waals surface area (Å²) in [5, 5.41) is 5.30. The van der Waals surface area contributed by atoms with Crippen molar-refractivity contribution in [3.63, 3.8) is 0 Å². The third-order valence-corrected chi connectivity index (χ3v) is 4.57. The molecule has 142 valence electrons. The first-order valence-electron chi connectivity index (χ1n) is 8.42. The van der Waals surface area contributed by atoms with Gasteiger partial charge in [-0.1, -0.05) is 42.5 Å². The molecule has 8 heteroatoms. The summed E-state index contributed by atoms with van der Waals surface area (Å²) >= 11 is 1.44. The van der Waals surface area contributed by atoms with E-state index in [1.165, 1.54) is 23.5 Å². The van der Waals surface area contributed by atoms with Crippen LogP contribution in [0.25, 0.3) is 16.3 Å². The van der Waals surface area contributed by atoms with Crippen molar-refractivity contribution in [2.45, 2.75) is 6.54 Å². The van der Waals surface area contributed by atoms with Gasteiger partial charge in [-0.15, -0.1) is 11.3 Å². The Balaban J connectivity index is 1.39. The molecular weight excluding hydrogens is 378 g/mol. The minimum Gasteiger partial charge on any atom is -0.452 e. The molecule has 1 heterocycles. The number of hydrogen-bond donors (Lipinski definition) is 2. The normalized spacial score (nSPS) is 10.7. The van der Waals surface area contributed by atoms with Gasteiger partial charge in [0.15, 0.2) is 6.61 Å². The van der Waals surface area contributed by atoms with Crippen LogP contribution in [0.2, 0.25) is 0 Å². The number of carbonyl (C=O) groups excluding carboxylic acids is 3. The fourth-order valence-electron chi connectivity index (χ4n) is 2.27. The van der Waals surface area contributed by atoms with Crippen molar-refractivity contribution < 1.29 is 19.1 Å². The second-order valence-electron chi connectivity index (χ2n) is 5.68. The minimum absolute atomic E-state index is 0.282. The monoisotopic (exact) mass is 395 g/mol. The number of amides is 3. The molecule has 0 saturated carbocycles. The average molecular weight is 395 g/mol. The van der Waals surface area contributed by atoms with Crippen molar-refractivity contribution >= 4 is 45.5 Å². The highest BCUT2D eigenvalue weighted by atomic mass is 32.1. The Labute approximate surface area is 165 Å². The zero-order valence-corrected chi connectivity index (χ0v) is 15.6. The largest absolute Gasteiger partial charge is 0.452 e. The molecule has 28 heavy (non-hydrogen) atoms. The smallest absolute Gasteiger partial charge is 0.331 e. The maximum atomic E-state index is 11.7. The number of nitrogens with zero attached hydrogens (tertiary/aromatic N) is 1. The molecule has 0 aliphatic rings. The van der Waals surface area contributed by atoms with E-state index in [-0.39, 0.29) is 6.54 Å². The summed E-state index contributed by atoms with van der Waals surface area (Å²) in [5.41, 5.74) is 1.75. The number of hydrogen-bond acceptors (Lipinski definition) is 6. The number of rotatable bonds is 6. The van der Waals surface area contributed by atoms with Crippen LogP contribution in [0.3, 0.4) is 0 Å². The number of benzene rings is 2. The number of thiazole rings is 1. The molecule has 3 amide bonds. The van der Waals surface area contributed by atoms with Crippen LogP contribution < -0.4 is 10.6 Å². The molecule has 0 fully saturated rings. The number of ether oxygens (including phenoxy) is 1. The highest BCUT2D eigenvalue weighted by Gasteiger charge is 2.09. The Morgan fingerprint density at radius 3 is 2.57 bits per heavy atom. The van der Waals surface area contributed by atoms with Gasteiger partial charge >= 0.3 is 12.0 Å². The topological polar surface area (TPSA) is 97.4 Å². The first kappa shape index (κ1) is 19.2. The SMILES string of the molecule is O=C(COC(=O)C=Cc1nc2ccccc2s1)NC(=O)NCc1ccccc1. The van der Waals surface area contributed by atoms with Crippen LogP contribution in [-0.4, -0.2) is 29.5 Å². The zero-order valence-electron chi connectivity index (χ0n) is 14.8. The molecule has 0 unspecified atom stereocenters. The molecule has 0 aliphatic heterocycles. The molecule has 0 aliphatic carbocycles. The number of imide groups is 1. The van der Waals surface area contributed by atoms with Crippen LogP contribution in [0.5, 0.6) is 0 Å². The number of para-hydroxylation sites is 1. The molecule has 2 aromatic carbocycles. The van der Waals surface area contributed by atoms with Gasteiger partial charge in [-0.3, -0.25) is 10.1 Å². The lowest BCUT2D eigenvalue weighted by Crippen LogP contribution is -2.41. The maximum Gasteiger partial charge on any atom is 0.331 e. The van der Waals surface area contributed by atoms with Crippen molar-refractivity contribution in [3.8, 4) is 0 Å².